The van der Waals surface area contributed by atoms with Gasteiger partial charge in [-0.05, 0) is 67.4 Å². The van der Waals surface area contributed by atoms with Crippen LogP contribution < -0.4 is 0 Å². The lowest BCUT2D eigenvalue weighted by Gasteiger charge is -2.49. The summed E-state index contributed by atoms with van der Waals surface area (Å²) < 4.78 is 0. The second-order valence-electron chi connectivity index (χ2n) is 6.01. The molecular formula is C15H21NO. The summed E-state index contributed by atoms with van der Waals surface area (Å²) in [7, 11) is 2.22. The van der Waals surface area contributed by atoms with Crippen molar-refractivity contribution in [3.63, 3.8) is 0 Å². The van der Waals surface area contributed by atoms with Gasteiger partial charge in [0.1, 0.15) is 5.75 Å². The number of piperidine rings is 1. The number of aromatic hydroxyl groups is 1. The van der Waals surface area contributed by atoms with E-state index in [4.69, 9.17) is 0 Å². The topological polar surface area (TPSA) is 23.5 Å². The van der Waals surface area contributed by atoms with Crippen LogP contribution in [0.3, 0.4) is 0 Å². The van der Waals surface area contributed by atoms with Crippen LogP contribution in [0.5, 0.6) is 5.75 Å². The standard InChI is InChI=1S/C15H21NO/c1-15-7-8-16(2)10-12(15)5-3-11-4-6-13(17)9-14(11)15/h4,6,9,12,17H,3,5,7-8,10H2,1-2H3. The summed E-state index contributed by atoms with van der Waals surface area (Å²) in [6.45, 7) is 4.76. The fourth-order valence-electron chi connectivity index (χ4n) is 3.70. The summed E-state index contributed by atoms with van der Waals surface area (Å²) in [5.74, 6) is 1.17. The van der Waals surface area contributed by atoms with E-state index < -0.39 is 0 Å². The smallest absolute Gasteiger partial charge is 0.115 e. The van der Waals surface area contributed by atoms with E-state index in [1.54, 1.807) is 0 Å². The fourth-order valence-corrected chi connectivity index (χ4v) is 3.70. The summed E-state index contributed by atoms with van der Waals surface area (Å²) in [6.07, 6.45) is 3.67. The highest BCUT2D eigenvalue weighted by atomic mass is 16.3. The van der Waals surface area contributed by atoms with Crippen LogP contribution in [0.4, 0.5) is 0 Å². The highest BCUT2D eigenvalue weighted by molar-refractivity contribution is 5.42. The first-order valence-electron chi connectivity index (χ1n) is 6.60. The molecule has 1 heterocycles. The Morgan fingerprint density at radius 3 is 3.06 bits per heavy atom. The fraction of sp³-hybridized carbons (Fsp3) is 0.600. The Kier molecular flexibility index (Phi) is 2.44. The van der Waals surface area contributed by atoms with E-state index in [0.29, 0.717) is 5.75 Å². The van der Waals surface area contributed by atoms with Gasteiger partial charge in [0, 0.05) is 6.54 Å². The molecule has 3 rings (SSSR count). The van der Waals surface area contributed by atoms with Gasteiger partial charge in [0.2, 0.25) is 0 Å². The van der Waals surface area contributed by atoms with Crippen molar-refractivity contribution >= 4 is 0 Å². The van der Waals surface area contributed by atoms with Crippen molar-refractivity contribution in [1.82, 2.24) is 4.90 Å². The lowest BCUT2D eigenvalue weighted by molar-refractivity contribution is 0.106. The van der Waals surface area contributed by atoms with E-state index in [-0.39, 0.29) is 5.41 Å². The van der Waals surface area contributed by atoms with E-state index in [9.17, 15) is 5.11 Å². The van der Waals surface area contributed by atoms with Gasteiger partial charge in [0.15, 0.2) is 0 Å². The molecule has 1 aliphatic heterocycles. The molecule has 0 amide bonds. The molecular weight excluding hydrogens is 210 g/mol. The van der Waals surface area contributed by atoms with Crippen LogP contribution in [0.15, 0.2) is 18.2 Å². The molecule has 17 heavy (non-hydrogen) atoms. The Morgan fingerprint density at radius 2 is 2.24 bits per heavy atom. The van der Waals surface area contributed by atoms with Crippen molar-refractivity contribution in [2.24, 2.45) is 5.92 Å². The van der Waals surface area contributed by atoms with Gasteiger partial charge in [-0.1, -0.05) is 13.0 Å². The monoisotopic (exact) mass is 231 g/mol. The minimum Gasteiger partial charge on any atom is -0.508 e. The van der Waals surface area contributed by atoms with Crippen molar-refractivity contribution < 1.29 is 5.11 Å². The van der Waals surface area contributed by atoms with Crippen molar-refractivity contribution in [1.29, 1.82) is 0 Å². The molecule has 1 N–H and O–H groups in total. The third-order valence-corrected chi connectivity index (χ3v) is 4.92. The zero-order valence-corrected chi connectivity index (χ0v) is 10.7. The molecule has 2 heteroatoms. The number of phenolic OH excluding ortho intramolecular Hbond substituents is 1. The number of aryl methyl sites for hydroxylation is 1. The zero-order chi connectivity index (χ0) is 12.0. The maximum absolute atomic E-state index is 9.73. The number of fused-ring (bicyclic) bond motifs is 3. The molecule has 0 bridgehead atoms. The van der Waals surface area contributed by atoms with Crippen LogP contribution in [0.2, 0.25) is 0 Å². The number of rotatable bonds is 0. The van der Waals surface area contributed by atoms with E-state index in [1.165, 1.54) is 43.5 Å². The van der Waals surface area contributed by atoms with E-state index in [2.05, 4.69) is 24.9 Å². The average molecular weight is 231 g/mol. The van der Waals surface area contributed by atoms with Crippen LogP contribution in [0.25, 0.3) is 0 Å². The molecule has 2 unspecified atom stereocenters. The Morgan fingerprint density at radius 1 is 1.41 bits per heavy atom. The van der Waals surface area contributed by atoms with E-state index in [0.717, 1.165) is 5.92 Å². The van der Waals surface area contributed by atoms with Gasteiger partial charge in [0.05, 0.1) is 0 Å². The molecule has 1 aromatic rings. The minimum atomic E-state index is 0.277. The van der Waals surface area contributed by atoms with Gasteiger partial charge in [-0.25, -0.2) is 0 Å². The summed E-state index contributed by atoms with van der Waals surface area (Å²) in [6, 6.07) is 5.95. The molecule has 1 aromatic carbocycles. The SMILES string of the molecule is CN1CCC2(C)c3cc(O)ccc3CCC2C1. The van der Waals surface area contributed by atoms with Gasteiger partial charge < -0.3 is 10.0 Å². The first-order chi connectivity index (χ1) is 8.09. The van der Waals surface area contributed by atoms with Crippen LogP contribution >= 0.6 is 0 Å². The third kappa shape index (κ3) is 1.66. The molecule has 0 saturated carbocycles. The zero-order valence-electron chi connectivity index (χ0n) is 10.7. The number of hydrogen-bond acceptors (Lipinski definition) is 2. The Bertz CT molecular complexity index is 443. The molecule has 0 aromatic heterocycles. The van der Waals surface area contributed by atoms with Crippen molar-refractivity contribution in [3.8, 4) is 5.75 Å². The lowest BCUT2D eigenvalue weighted by Crippen LogP contribution is -2.49. The molecule has 92 valence electrons. The highest BCUT2D eigenvalue weighted by Crippen LogP contribution is 2.47. The molecule has 2 atom stereocenters. The second kappa shape index (κ2) is 3.74. The Hall–Kier alpha value is -1.02. The van der Waals surface area contributed by atoms with Gasteiger partial charge in [-0.2, -0.15) is 0 Å². The summed E-state index contributed by atoms with van der Waals surface area (Å²) >= 11 is 0. The predicted molar refractivity (Wildman–Crippen MR) is 69.4 cm³/mol. The largest absolute Gasteiger partial charge is 0.508 e. The molecule has 0 radical (unpaired) electrons. The van der Waals surface area contributed by atoms with Gasteiger partial charge in [-0.15, -0.1) is 0 Å². The van der Waals surface area contributed by atoms with E-state index in [1.807, 2.05) is 12.1 Å². The second-order valence-corrected chi connectivity index (χ2v) is 6.01. The van der Waals surface area contributed by atoms with Gasteiger partial charge in [-0.3, -0.25) is 0 Å². The molecule has 1 fully saturated rings. The predicted octanol–water partition coefficient (Wildman–Crippen LogP) is 2.55. The molecule has 1 aliphatic carbocycles. The van der Waals surface area contributed by atoms with Crippen LogP contribution in [-0.4, -0.2) is 30.1 Å². The number of likely N-dealkylation sites (tertiary alicyclic amines) is 1. The third-order valence-electron chi connectivity index (χ3n) is 4.92. The Labute approximate surface area is 103 Å². The molecule has 1 saturated heterocycles. The number of benzene rings is 1. The lowest BCUT2D eigenvalue weighted by atomic mass is 9.61. The van der Waals surface area contributed by atoms with Gasteiger partial charge >= 0.3 is 0 Å². The normalized spacial score (nSPS) is 32.9. The summed E-state index contributed by atoms with van der Waals surface area (Å²) in [5, 5.41) is 9.73. The number of hydrogen-bond donors (Lipinski definition) is 1. The van der Waals surface area contributed by atoms with Crippen molar-refractivity contribution in [3.05, 3.63) is 29.3 Å². The quantitative estimate of drug-likeness (QED) is 0.741. The number of phenols is 1. The van der Waals surface area contributed by atoms with Crippen LogP contribution in [-0.2, 0) is 11.8 Å². The molecule has 0 spiro atoms. The van der Waals surface area contributed by atoms with Crippen LogP contribution in [0, 0.1) is 5.92 Å². The van der Waals surface area contributed by atoms with E-state index >= 15 is 0 Å². The van der Waals surface area contributed by atoms with Crippen molar-refractivity contribution in [2.45, 2.75) is 31.6 Å². The minimum absolute atomic E-state index is 0.277. The Balaban J connectivity index is 2.06. The first-order valence-corrected chi connectivity index (χ1v) is 6.60. The average Bonchev–Trinajstić information content (AvgIpc) is 2.31. The first kappa shape index (κ1) is 11.1. The maximum atomic E-state index is 9.73. The summed E-state index contributed by atoms with van der Waals surface area (Å²) in [4.78, 5) is 2.44. The molecule has 2 nitrogen and oxygen atoms in total. The highest BCUT2D eigenvalue weighted by Gasteiger charge is 2.43. The van der Waals surface area contributed by atoms with Crippen molar-refractivity contribution in [2.75, 3.05) is 20.1 Å². The van der Waals surface area contributed by atoms with Gasteiger partial charge in [0.25, 0.3) is 0 Å². The van der Waals surface area contributed by atoms with Crippen LogP contribution in [0.1, 0.15) is 30.9 Å². The number of nitrogens with zero attached hydrogens (tertiary/aromatic N) is 1. The maximum Gasteiger partial charge on any atom is 0.115 e. The molecule has 2 aliphatic rings. The summed E-state index contributed by atoms with van der Waals surface area (Å²) in [5.41, 5.74) is 3.13.